The Hall–Kier alpha value is -4.38. The van der Waals surface area contributed by atoms with Gasteiger partial charge >= 0.3 is 0 Å². The van der Waals surface area contributed by atoms with Crippen molar-refractivity contribution in [1.29, 1.82) is 0 Å². The summed E-state index contributed by atoms with van der Waals surface area (Å²) < 4.78 is 2.47. The fourth-order valence-corrected chi connectivity index (χ4v) is 6.56. The third kappa shape index (κ3) is 5.09. The first kappa shape index (κ1) is 26.5. The average Bonchev–Trinajstić information content (AvgIpc) is 3.38. The number of thiophene rings is 1. The van der Waals surface area contributed by atoms with Crippen LogP contribution in [-0.2, 0) is 5.41 Å². The molecule has 5 heteroatoms. The zero-order valence-corrected chi connectivity index (χ0v) is 25.2. The molecule has 7 aromatic rings. The van der Waals surface area contributed by atoms with Crippen LogP contribution in [0.25, 0.3) is 65.2 Å². The van der Waals surface area contributed by atoms with Crippen molar-refractivity contribution < 1.29 is 0 Å². The molecule has 7 rings (SSSR count). The molecular formula is C37H28ClN3S. The van der Waals surface area contributed by atoms with Gasteiger partial charge in [0.25, 0.3) is 0 Å². The van der Waals surface area contributed by atoms with Gasteiger partial charge in [-0.15, -0.1) is 11.3 Å². The standard InChI is InChI=1S/C37H28ClN3S/c1-37(2,3)29-16-12-24(13-17-29)34-39-35(41-36(38)40-34)28-15-19-33-31(22-28)30-21-27(14-18-32(30)42-33)26-11-7-10-25(20-26)23-8-5-4-6-9-23/h4-22H,1-3H3. The summed E-state index contributed by atoms with van der Waals surface area (Å²) in [6.45, 7) is 6.61. The normalized spacial score (nSPS) is 11.8. The van der Waals surface area contributed by atoms with E-state index in [0.717, 1.165) is 11.1 Å². The molecule has 0 amide bonds. The van der Waals surface area contributed by atoms with Gasteiger partial charge in [0.05, 0.1) is 0 Å². The predicted molar refractivity (Wildman–Crippen MR) is 178 cm³/mol. The van der Waals surface area contributed by atoms with Crippen molar-refractivity contribution in [2.75, 3.05) is 0 Å². The van der Waals surface area contributed by atoms with E-state index in [9.17, 15) is 0 Å². The molecule has 0 aliphatic rings. The third-order valence-corrected chi connectivity index (χ3v) is 8.97. The van der Waals surface area contributed by atoms with Crippen LogP contribution in [0, 0.1) is 0 Å². The number of nitrogens with zero attached hydrogens (tertiary/aromatic N) is 3. The lowest BCUT2D eigenvalue weighted by molar-refractivity contribution is 0.590. The average molecular weight is 582 g/mol. The maximum Gasteiger partial charge on any atom is 0.226 e. The molecule has 204 valence electrons. The molecule has 0 aliphatic carbocycles. The van der Waals surface area contributed by atoms with Crippen LogP contribution in [0.15, 0.2) is 115 Å². The Morgan fingerprint density at radius 3 is 1.69 bits per heavy atom. The summed E-state index contributed by atoms with van der Waals surface area (Å²) in [5.74, 6) is 1.14. The second-order valence-electron chi connectivity index (χ2n) is 11.5. The minimum absolute atomic E-state index is 0.0731. The van der Waals surface area contributed by atoms with Crippen molar-refractivity contribution in [2.24, 2.45) is 0 Å². The van der Waals surface area contributed by atoms with Crippen molar-refractivity contribution >= 4 is 43.1 Å². The van der Waals surface area contributed by atoms with Crippen LogP contribution in [0.2, 0.25) is 5.28 Å². The molecule has 2 heterocycles. The molecule has 0 atom stereocenters. The molecule has 5 aromatic carbocycles. The highest BCUT2D eigenvalue weighted by Crippen LogP contribution is 2.39. The Kier molecular flexibility index (Phi) is 6.61. The molecule has 0 aliphatic heterocycles. The number of hydrogen-bond donors (Lipinski definition) is 0. The van der Waals surface area contributed by atoms with E-state index in [1.807, 2.05) is 6.07 Å². The zero-order chi connectivity index (χ0) is 28.8. The van der Waals surface area contributed by atoms with E-state index >= 15 is 0 Å². The Balaban J connectivity index is 1.28. The molecule has 0 saturated carbocycles. The van der Waals surface area contributed by atoms with Gasteiger partial charge in [-0.3, -0.25) is 0 Å². The van der Waals surface area contributed by atoms with Gasteiger partial charge in [0, 0.05) is 31.3 Å². The lowest BCUT2D eigenvalue weighted by atomic mass is 9.87. The minimum atomic E-state index is 0.0731. The predicted octanol–water partition coefficient (Wildman–Crippen LogP) is 10.9. The van der Waals surface area contributed by atoms with E-state index in [1.165, 1.54) is 48.0 Å². The number of benzene rings is 5. The van der Waals surface area contributed by atoms with Gasteiger partial charge in [0.1, 0.15) is 0 Å². The number of hydrogen-bond acceptors (Lipinski definition) is 4. The van der Waals surface area contributed by atoms with E-state index in [1.54, 1.807) is 11.3 Å². The Morgan fingerprint density at radius 2 is 1.02 bits per heavy atom. The van der Waals surface area contributed by atoms with Crippen molar-refractivity contribution in [2.45, 2.75) is 26.2 Å². The van der Waals surface area contributed by atoms with E-state index in [-0.39, 0.29) is 10.7 Å². The van der Waals surface area contributed by atoms with Crippen LogP contribution in [0.4, 0.5) is 0 Å². The van der Waals surface area contributed by atoms with E-state index in [2.05, 4.69) is 140 Å². The fourth-order valence-electron chi connectivity index (χ4n) is 5.33. The number of rotatable bonds is 4. The first-order chi connectivity index (χ1) is 20.3. The summed E-state index contributed by atoms with van der Waals surface area (Å²) in [5, 5.41) is 2.59. The van der Waals surface area contributed by atoms with Crippen molar-refractivity contribution in [3.63, 3.8) is 0 Å². The smallest absolute Gasteiger partial charge is 0.208 e. The van der Waals surface area contributed by atoms with Crippen molar-refractivity contribution in [3.8, 4) is 45.0 Å². The molecule has 0 unspecified atom stereocenters. The topological polar surface area (TPSA) is 38.7 Å². The summed E-state index contributed by atoms with van der Waals surface area (Å²) in [4.78, 5) is 13.8. The Labute approximate surface area is 254 Å². The summed E-state index contributed by atoms with van der Waals surface area (Å²) in [5.41, 5.74) is 7.97. The van der Waals surface area contributed by atoms with Crippen LogP contribution in [0.5, 0.6) is 0 Å². The van der Waals surface area contributed by atoms with Gasteiger partial charge in [0.2, 0.25) is 5.28 Å². The second kappa shape index (κ2) is 10.5. The van der Waals surface area contributed by atoms with E-state index < -0.39 is 0 Å². The van der Waals surface area contributed by atoms with Crippen molar-refractivity contribution in [3.05, 3.63) is 126 Å². The first-order valence-electron chi connectivity index (χ1n) is 14.0. The Bertz CT molecular complexity index is 2070. The lowest BCUT2D eigenvalue weighted by Crippen LogP contribution is -2.10. The quantitative estimate of drug-likeness (QED) is 0.207. The molecule has 0 bridgehead atoms. The molecule has 42 heavy (non-hydrogen) atoms. The first-order valence-corrected chi connectivity index (χ1v) is 15.2. The molecule has 0 fully saturated rings. The molecular weight excluding hydrogens is 554 g/mol. The van der Waals surface area contributed by atoms with Gasteiger partial charge in [-0.25, -0.2) is 4.98 Å². The van der Waals surface area contributed by atoms with E-state index in [4.69, 9.17) is 16.6 Å². The van der Waals surface area contributed by atoms with Crippen LogP contribution in [0.3, 0.4) is 0 Å². The highest BCUT2D eigenvalue weighted by Gasteiger charge is 2.16. The molecule has 0 spiro atoms. The van der Waals surface area contributed by atoms with Crippen LogP contribution >= 0.6 is 22.9 Å². The van der Waals surface area contributed by atoms with Gasteiger partial charge in [-0.1, -0.05) is 99.6 Å². The summed E-state index contributed by atoms with van der Waals surface area (Å²) >= 11 is 8.23. The Morgan fingerprint density at radius 1 is 0.500 bits per heavy atom. The molecule has 3 nitrogen and oxygen atoms in total. The highest BCUT2D eigenvalue weighted by molar-refractivity contribution is 7.25. The van der Waals surface area contributed by atoms with Crippen LogP contribution in [0.1, 0.15) is 26.3 Å². The number of fused-ring (bicyclic) bond motifs is 3. The number of halogens is 1. The summed E-state index contributed by atoms with van der Waals surface area (Å²) in [7, 11) is 0. The number of aromatic nitrogens is 3. The highest BCUT2D eigenvalue weighted by atomic mass is 35.5. The van der Waals surface area contributed by atoms with Gasteiger partial charge < -0.3 is 0 Å². The van der Waals surface area contributed by atoms with Gasteiger partial charge in [0.15, 0.2) is 11.6 Å². The summed E-state index contributed by atoms with van der Waals surface area (Å²) in [6.07, 6.45) is 0. The second-order valence-corrected chi connectivity index (χ2v) is 13.0. The third-order valence-electron chi connectivity index (χ3n) is 7.65. The van der Waals surface area contributed by atoms with Crippen molar-refractivity contribution in [1.82, 2.24) is 15.0 Å². The SMILES string of the molecule is CC(C)(C)c1ccc(-c2nc(Cl)nc(-c3ccc4sc5ccc(-c6cccc(-c7ccccc7)c6)cc5c4c3)n2)cc1. The van der Waals surface area contributed by atoms with Gasteiger partial charge in [-0.05, 0) is 81.2 Å². The van der Waals surface area contributed by atoms with Gasteiger partial charge in [-0.2, -0.15) is 9.97 Å². The van der Waals surface area contributed by atoms with Crippen LogP contribution in [-0.4, -0.2) is 15.0 Å². The minimum Gasteiger partial charge on any atom is -0.208 e. The summed E-state index contributed by atoms with van der Waals surface area (Å²) in [6, 6.07) is 40.7. The fraction of sp³-hybridized carbons (Fsp3) is 0.108. The van der Waals surface area contributed by atoms with E-state index in [0.29, 0.717) is 11.6 Å². The lowest BCUT2D eigenvalue weighted by Gasteiger charge is -2.19. The molecule has 0 N–H and O–H groups in total. The van der Waals surface area contributed by atoms with Crippen LogP contribution < -0.4 is 0 Å². The molecule has 2 aromatic heterocycles. The zero-order valence-electron chi connectivity index (χ0n) is 23.6. The monoisotopic (exact) mass is 581 g/mol. The largest absolute Gasteiger partial charge is 0.226 e. The molecule has 0 saturated heterocycles. The molecule has 0 radical (unpaired) electrons. The maximum absolute atomic E-state index is 6.43. The maximum atomic E-state index is 6.43.